The summed E-state index contributed by atoms with van der Waals surface area (Å²) >= 11 is 3.27. The molecule has 3 rings (SSSR count). The molecule has 0 fully saturated rings. The van der Waals surface area contributed by atoms with E-state index >= 15 is 0 Å². The molecule has 0 aliphatic heterocycles. The molecule has 1 aromatic carbocycles. The third-order valence-corrected chi connectivity index (χ3v) is 6.77. The van der Waals surface area contributed by atoms with Crippen molar-refractivity contribution in [1.82, 2.24) is 10.1 Å². The fraction of sp³-hybridized carbons (Fsp3) is 0.188. The van der Waals surface area contributed by atoms with Crippen LogP contribution in [0.25, 0.3) is 11.7 Å². The summed E-state index contributed by atoms with van der Waals surface area (Å²) in [5.41, 5.74) is 5.13. The first-order valence-electron chi connectivity index (χ1n) is 7.37. The zero-order chi connectivity index (χ0) is 19.1. The lowest BCUT2D eigenvalue weighted by Crippen LogP contribution is -2.30. The van der Waals surface area contributed by atoms with Crippen molar-refractivity contribution in [3.63, 3.8) is 0 Å². The summed E-state index contributed by atoms with van der Waals surface area (Å²) in [4.78, 5) is 15.4. The lowest BCUT2D eigenvalue weighted by molar-refractivity contribution is 0.0974. The Balaban J connectivity index is 1.98. The van der Waals surface area contributed by atoms with Gasteiger partial charge in [-0.3, -0.25) is 4.79 Å². The highest BCUT2D eigenvalue weighted by molar-refractivity contribution is 9.10. The van der Waals surface area contributed by atoms with Crippen molar-refractivity contribution in [2.45, 2.75) is 23.5 Å². The van der Waals surface area contributed by atoms with Gasteiger partial charge in [0.15, 0.2) is 27.2 Å². The lowest BCUT2D eigenvalue weighted by atomic mass is 10.2. The van der Waals surface area contributed by atoms with Gasteiger partial charge < -0.3 is 14.7 Å². The molecule has 0 saturated carbocycles. The van der Waals surface area contributed by atoms with Gasteiger partial charge in [-0.05, 0) is 50.2 Å². The third-order valence-electron chi connectivity index (χ3n) is 3.82. The van der Waals surface area contributed by atoms with Crippen LogP contribution in [0.5, 0.6) is 0 Å². The van der Waals surface area contributed by atoms with Crippen molar-refractivity contribution in [3.05, 3.63) is 52.5 Å². The number of nitrogens with zero attached hydrogens (tertiary/aromatic N) is 2. The van der Waals surface area contributed by atoms with E-state index in [2.05, 4.69) is 26.1 Å². The van der Waals surface area contributed by atoms with Gasteiger partial charge in [0.25, 0.3) is 11.8 Å². The Morgan fingerprint density at radius 2 is 1.81 bits per heavy atom. The van der Waals surface area contributed by atoms with Gasteiger partial charge in [-0.15, -0.1) is 0 Å². The number of carbonyl (C=O) groups is 1. The zero-order valence-electron chi connectivity index (χ0n) is 13.8. The molecular weight excluding hydrogens is 426 g/mol. The van der Waals surface area contributed by atoms with Crippen LogP contribution >= 0.6 is 15.9 Å². The molecule has 0 unspecified atom stereocenters. The van der Waals surface area contributed by atoms with Crippen LogP contribution in [0.15, 0.2) is 54.7 Å². The molecule has 3 aromatic rings. The summed E-state index contributed by atoms with van der Waals surface area (Å²) in [6, 6.07) is 9.07. The fourth-order valence-corrected chi connectivity index (χ4v) is 3.85. The number of sulfone groups is 1. The maximum atomic E-state index is 13.0. The molecule has 0 atom stereocenters. The zero-order valence-corrected chi connectivity index (χ0v) is 16.2. The van der Waals surface area contributed by atoms with Gasteiger partial charge in [0.2, 0.25) is 0 Å². The van der Waals surface area contributed by atoms with E-state index in [4.69, 9.17) is 14.7 Å². The number of primary amides is 1. The number of rotatable bonds is 5. The number of carbonyl (C=O) groups excluding carboxylic acids is 1. The summed E-state index contributed by atoms with van der Waals surface area (Å²) < 4.78 is 35.6. The maximum absolute atomic E-state index is 13.0. The molecule has 0 aliphatic rings. The van der Waals surface area contributed by atoms with Crippen LogP contribution in [0.3, 0.4) is 0 Å². The average molecular weight is 440 g/mol. The molecule has 0 radical (unpaired) electrons. The normalized spacial score (nSPS) is 12.3. The van der Waals surface area contributed by atoms with Crippen molar-refractivity contribution < 1.29 is 22.2 Å². The molecule has 2 heterocycles. The predicted octanol–water partition coefficient (Wildman–Crippen LogP) is 2.90. The largest absolute Gasteiger partial charge is 0.446 e. The van der Waals surface area contributed by atoms with Gasteiger partial charge in [-0.2, -0.15) is 4.98 Å². The van der Waals surface area contributed by atoms with Crippen LogP contribution in [0, 0.1) is 0 Å². The lowest BCUT2D eigenvalue weighted by Gasteiger charge is -2.20. The van der Waals surface area contributed by atoms with E-state index in [0.717, 1.165) is 4.47 Å². The Hall–Kier alpha value is -2.46. The third kappa shape index (κ3) is 3.06. The van der Waals surface area contributed by atoms with E-state index in [1.54, 1.807) is 12.1 Å². The van der Waals surface area contributed by atoms with Gasteiger partial charge >= 0.3 is 0 Å². The summed E-state index contributed by atoms with van der Waals surface area (Å²) in [5, 5.41) is 3.78. The van der Waals surface area contributed by atoms with E-state index in [1.807, 2.05) is 0 Å². The highest BCUT2D eigenvalue weighted by atomic mass is 79.9. The van der Waals surface area contributed by atoms with Gasteiger partial charge in [-0.1, -0.05) is 21.1 Å². The second-order valence-electron chi connectivity index (χ2n) is 5.92. The smallest absolute Gasteiger partial charge is 0.293 e. The minimum Gasteiger partial charge on any atom is -0.446 e. The quantitative estimate of drug-likeness (QED) is 0.646. The Labute approximate surface area is 157 Å². The topological polar surface area (TPSA) is 129 Å². The minimum absolute atomic E-state index is 0.0348. The highest BCUT2D eigenvalue weighted by Gasteiger charge is 2.42. The highest BCUT2D eigenvalue weighted by Crippen LogP contribution is 2.34. The van der Waals surface area contributed by atoms with Gasteiger partial charge in [0, 0.05) is 4.47 Å². The molecule has 26 heavy (non-hydrogen) atoms. The molecule has 2 aromatic heterocycles. The Morgan fingerprint density at radius 3 is 2.38 bits per heavy atom. The first-order valence-corrected chi connectivity index (χ1v) is 9.65. The average Bonchev–Trinajstić information content (AvgIpc) is 3.24. The molecule has 136 valence electrons. The molecule has 8 nitrogen and oxygen atoms in total. The molecular formula is C16H14BrN3O5S. The Morgan fingerprint density at radius 1 is 1.15 bits per heavy atom. The molecule has 0 spiro atoms. The standard InChI is InChI=1S/C16H14BrN3O5S/c1-16(2,26(22,23)10-5-3-9(17)4-6-10)15-19-14(25-20-15)12-8-7-11(24-12)13(18)21/h3-8H,1-2H3,(H2,18,21). The molecule has 2 N–H and O–H groups in total. The first kappa shape index (κ1) is 18.3. The minimum atomic E-state index is -3.80. The van der Waals surface area contributed by atoms with Crippen molar-refractivity contribution >= 4 is 31.7 Å². The summed E-state index contributed by atoms with van der Waals surface area (Å²) in [5.74, 6) is -0.774. The number of furan rings is 1. The summed E-state index contributed by atoms with van der Waals surface area (Å²) in [6.07, 6.45) is 0. The van der Waals surface area contributed by atoms with Crippen LogP contribution in [0.2, 0.25) is 0 Å². The second kappa shape index (κ2) is 6.36. The molecule has 1 amide bonds. The van der Waals surface area contributed by atoms with E-state index in [0.29, 0.717) is 0 Å². The monoisotopic (exact) mass is 439 g/mol. The van der Waals surface area contributed by atoms with Crippen LogP contribution in [0.1, 0.15) is 30.2 Å². The number of nitrogens with two attached hydrogens (primary N) is 1. The number of hydrogen-bond donors (Lipinski definition) is 1. The first-order chi connectivity index (χ1) is 12.1. The van der Waals surface area contributed by atoms with Crippen molar-refractivity contribution in [1.29, 1.82) is 0 Å². The van der Waals surface area contributed by atoms with Crippen molar-refractivity contribution in [2.24, 2.45) is 5.73 Å². The molecule has 0 bridgehead atoms. The maximum Gasteiger partial charge on any atom is 0.293 e. The van der Waals surface area contributed by atoms with E-state index in [1.165, 1.54) is 38.1 Å². The van der Waals surface area contributed by atoms with Gasteiger partial charge in [0.05, 0.1) is 4.90 Å². The van der Waals surface area contributed by atoms with Crippen LogP contribution < -0.4 is 5.73 Å². The second-order valence-corrected chi connectivity index (χ2v) is 9.33. The van der Waals surface area contributed by atoms with Crippen molar-refractivity contribution in [3.8, 4) is 11.7 Å². The van der Waals surface area contributed by atoms with Gasteiger partial charge in [-0.25, -0.2) is 8.42 Å². The number of benzene rings is 1. The number of amides is 1. The number of hydrogen-bond acceptors (Lipinski definition) is 7. The number of halogens is 1. The van der Waals surface area contributed by atoms with E-state index < -0.39 is 20.5 Å². The Kier molecular flexibility index (Phi) is 4.49. The molecule has 0 saturated heterocycles. The predicted molar refractivity (Wildman–Crippen MR) is 94.9 cm³/mol. The molecule has 10 heteroatoms. The summed E-state index contributed by atoms with van der Waals surface area (Å²) in [7, 11) is -3.80. The van der Waals surface area contributed by atoms with Crippen LogP contribution in [-0.2, 0) is 14.6 Å². The van der Waals surface area contributed by atoms with Gasteiger partial charge in [0.1, 0.15) is 4.75 Å². The Bertz CT molecular complexity index is 1070. The molecule has 0 aliphatic carbocycles. The fourth-order valence-electron chi connectivity index (χ4n) is 2.18. The van der Waals surface area contributed by atoms with E-state index in [9.17, 15) is 13.2 Å². The van der Waals surface area contributed by atoms with Crippen molar-refractivity contribution in [2.75, 3.05) is 0 Å². The van der Waals surface area contributed by atoms with Crippen LogP contribution in [-0.4, -0.2) is 24.5 Å². The summed E-state index contributed by atoms with van der Waals surface area (Å²) in [6.45, 7) is 2.96. The van der Waals surface area contributed by atoms with E-state index in [-0.39, 0.29) is 28.1 Å². The SMILES string of the molecule is CC(C)(c1noc(-c2ccc(C(N)=O)o2)n1)S(=O)(=O)c1ccc(Br)cc1. The van der Waals surface area contributed by atoms with Crippen LogP contribution in [0.4, 0.5) is 0 Å². The number of aromatic nitrogens is 2.